The monoisotopic (exact) mass is 157 g/mol. The fourth-order valence-corrected chi connectivity index (χ4v) is 1.79. The predicted octanol–water partition coefficient (Wildman–Crippen LogP) is 1.10. The normalized spacial score (nSPS) is 29.2. The van der Waals surface area contributed by atoms with Crippen LogP contribution in [0.3, 0.4) is 0 Å². The van der Waals surface area contributed by atoms with Crippen molar-refractivity contribution in [1.29, 1.82) is 0 Å². The van der Waals surface area contributed by atoms with Gasteiger partial charge in [0.25, 0.3) is 0 Å². The molecule has 0 spiro atoms. The Balaban J connectivity index is 2.19. The van der Waals surface area contributed by atoms with Gasteiger partial charge in [0.2, 0.25) is 0 Å². The molecule has 2 heteroatoms. The standard InChI is InChI=1S/C9H19NO/c1-3-9-4-5-10(7-9)6-8(2)11/h8-9,11H,3-7H2,1-2H3/t8-,9?/m1/s1. The summed E-state index contributed by atoms with van der Waals surface area (Å²) in [7, 11) is 0. The largest absolute Gasteiger partial charge is 0.392 e. The van der Waals surface area contributed by atoms with Crippen molar-refractivity contribution in [2.24, 2.45) is 5.92 Å². The van der Waals surface area contributed by atoms with E-state index in [1.165, 1.54) is 25.9 Å². The van der Waals surface area contributed by atoms with Crippen molar-refractivity contribution in [1.82, 2.24) is 4.90 Å². The van der Waals surface area contributed by atoms with Gasteiger partial charge < -0.3 is 10.0 Å². The quantitative estimate of drug-likeness (QED) is 0.663. The van der Waals surface area contributed by atoms with Crippen molar-refractivity contribution < 1.29 is 5.11 Å². The van der Waals surface area contributed by atoms with Crippen LogP contribution in [0.15, 0.2) is 0 Å². The third kappa shape index (κ3) is 2.80. The lowest BCUT2D eigenvalue weighted by Gasteiger charge is -2.16. The van der Waals surface area contributed by atoms with Crippen LogP contribution in [0.2, 0.25) is 0 Å². The molecule has 1 heterocycles. The third-order valence-corrected chi connectivity index (χ3v) is 2.47. The van der Waals surface area contributed by atoms with Gasteiger partial charge in [-0.25, -0.2) is 0 Å². The van der Waals surface area contributed by atoms with E-state index in [4.69, 9.17) is 5.11 Å². The van der Waals surface area contributed by atoms with Crippen LogP contribution in [0.1, 0.15) is 26.7 Å². The maximum atomic E-state index is 9.13. The van der Waals surface area contributed by atoms with Gasteiger partial charge in [0.15, 0.2) is 0 Å². The van der Waals surface area contributed by atoms with Gasteiger partial charge in [0.05, 0.1) is 6.10 Å². The van der Waals surface area contributed by atoms with Crippen LogP contribution in [0, 0.1) is 5.92 Å². The summed E-state index contributed by atoms with van der Waals surface area (Å²) in [6.45, 7) is 7.34. The van der Waals surface area contributed by atoms with E-state index in [1.807, 2.05) is 6.92 Å². The molecule has 0 aromatic carbocycles. The first kappa shape index (κ1) is 9.01. The maximum absolute atomic E-state index is 9.13. The summed E-state index contributed by atoms with van der Waals surface area (Å²) in [5, 5.41) is 9.13. The molecule has 0 aromatic rings. The number of nitrogens with zero attached hydrogens (tertiary/aromatic N) is 1. The summed E-state index contributed by atoms with van der Waals surface area (Å²) in [4.78, 5) is 2.36. The van der Waals surface area contributed by atoms with Crippen molar-refractivity contribution in [3.05, 3.63) is 0 Å². The lowest BCUT2D eigenvalue weighted by atomic mass is 10.1. The Morgan fingerprint density at radius 1 is 1.64 bits per heavy atom. The van der Waals surface area contributed by atoms with Gasteiger partial charge in [0, 0.05) is 13.1 Å². The highest BCUT2D eigenvalue weighted by molar-refractivity contribution is 4.75. The molecule has 0 saturated carbocycles. The topological polar surface area (TPSA) is 23.5 Å². The van der Waals surface area contributed by atoms with Crippen LogP contribution in [0.5, 0.6) is 0 Å². The zero-order chi connectivity index (χ0) is 8.27. The van der Waals surface area contributed by atoms with Gasteiger partial charge >= 0.3 is 0 Å². The molecule has 66 valence electrons. The fraction of sp³-hybridized carbons (Fsp3) is 1.00. The third-order valence-electron chi connectivity index (χ3n) is 2.47. The van der Waals surface area contributed by atoms with Gasteiger partial charge in [-0.1, -0.05) is 13.3 Å². The van der Waals surface area contributed by atoms with Crippen molar-refractivity contribution in [2.45, 2.75) is 32.8 Å². The molecule has 0 radical (unpaired) electrons. The van der Waals surface area contributed by atoms with E-state index < -0.39 is 0 Å². The summed E-state index contributed by atoms with van der Waals surface area (Å²) in [6, 6.07) is 0. The first-order valence-electron chi connectivity index (χ1n) is 4.62. The smallest absolute Gasteiger partial charge is 0.0639 e. The van der Waals surface area contributed by atoms with Crippen molar-refractivity contribution in [2.75, 3.05) is 19.6 Å². The van der Waals surface area contributed by atoms with E-state index in [2.05, 4.69) is 11.8 Å². The number of β-amino-alcohol motifs (C(OH)–C–C–N with tert-alkyl or cyclic N) is 1. The van der Waals surface area contributed by atoms with E-state index in [-0.39, 0.29) is 6.10 Å². The summed E-state index contributed by atoms with van der Waals surface area (Å²) >= 11 is 0. The fourth-order valence-electron chi connectivity index (χ4n) is 1.79. The molecule has 1 aliphatic heterocycles. The van der Waals surface area contributed by atoms with E-state index in [1.54, 1.807) is 0 Å². The minimum absolute atomic E-state index is 0.161. The number of hydrogen-bond donors (Lipinski definition) is 1. The Morgan fingerprint density at radius 2 is 2.36 bits per heavy atom. The first-order valence-corrected chi connectivity index (χ1v) is 4.62. The van der Waals surface area contributed by atoms with Crippen molar-refractivity contribution >= 4 is 0 Å². The van der Waals surface area contributed by atoms with Gasteiger partial charge in [-0.2, -0.15) is 0 Å². The zero-order valence-corrected chi connectivity index (χ0v) is 7.58. The Labute approximate surface area is 69.2 Å². The molecular weight excluding hydrogens is 138 g/mol. The first-order chi connectivity index (χ1) is 5.22. The van der Waals surface area contributed by atoms with Gasteiger partial charge in [0.1, 0.15) is 0 Å². The summed E-state index contributed by atoms with van der Waals surface area (Å²) < 4.78 is 0. The highest BCUT2D eigenvalue weighted by atomic mass is 16.3. The molecule has 1 saturated heterocycles. The average molecular weight is 157 g/mol. The molecule has 0 amide bonds. The van der Waals surface area contributed by atoms with Crippen LogP contribution in [0.25, 0.3) is 0 Å². The Morgan fingerprint density at radius 3 is 2.82 bits per heavy atom. The Kier molecular flexibility index (Phi) is 3.34. The number of rotatable bonds is 3. The van der Waals surface area contributed by atoms with Crippen LogP contribution < -0.4 is 0 Å². The molecule has 1 aliphatic rings. The average Bonchev–Trinajstić information content (AvgIpc) is 2.34. The lowest BCUT2D eigenvalue weighted by Crippen LogP contribution is -2.28. The highest BCUT2D eigenvalue weighted by Gasteiger charge is 2.21. The molecule has 2 atom stereocenters. The second kappa shape index (κ2) is 4.07. The van der Waals surface area contributed by atoms with E-state index >= 15 is 0 Å². The molecule has 1 N–H and O–H groups in total. The molecule has 0 aliphatic carbocycles. The van der Waals surface area contributed by atoms with Gasteiger partial charge in [-0.05, 0) is 25.8 Å². The van der Waals surface area contributed by atoms with Crippen LogP contribution >= 0.6 is 0 Å². The summed E-state index contributed by atoms with van der Waals surface area (Å²) in [5.74, 6) is 0.883. The number of hydrogen-bond acceptors (Lipinski definition) is 2. The molecular formula is C9H19NO. The minimum atomic E-state index is -0.161. The van der Waals surface area contributed by atoms with Crippen LogP contribution in [0.4, 0.5) is 0 Å². The molecule has 1 rings (SSSR count). The number of aliphatic hydroxyl groups excluding tert-OH is 1. The zero-order valence-electron chi connectivity index (χ0n) is 7.58. The van der Waals surface area contributed by atoms with E-state index in [0.29, 0.717) is 0 Å². The minimum Gasteiger partial charge on any atom is -0.392 e. The number of likely N-dealkylation sites (tertiary alicyclic amines) is 1. The Hall–Kier alpha value is -0.0800. The molecule has 1 fully saturated rings. The summed E-state index contributed by atoms with van der Waals surface area (Å²) in [5.41, 5.74) is 0. The maximum Gasteiger partial charge on any atom is 0.0639 e. The van der Waals surface area contributed by atoms with E-state index in [9.17, 15) is 0 Å². The number of aliphatic hydroxyl groups is 1. The predicted molar refractivity (Wildman–Crippen MR) is 46.5 cm³/mol. The van der Waals surface area contributed by atoms with Crippen molar-refractivity contribution in [3.63, 3.8) is 0 Å². The van der Waals surface area contributed by atoms with Gasteiger partial charge in [-0.15, -0.1) is 0 Å². The molecule has 11 heavy (non-hydrogen) atoms. The molecule has 0 aromatic heterocycles. The van der Waals surface area contributed by atoms with Gasteiger partial charge in [-0.3, -0.25) is 0 Å². The second-order valence-electron chi connectivity index (χ2n) is 3.67. The highest BCUT2D eigenvalue weighted by Crippen LogP contribution is 2.18. The molecule has 1 unspecified atom stereocenters. The lowest BCUT2D eigenvalue weighted by molar-refractivity contribution is 0.138. The summed E-state index contributed by atoms with van der Waals surface area (Å²) in [6.07, 6.45) is 2.45. The second-order valence-corrected chi connectivity index (χ2v) is 3.67. The van der Waals surface area contributed by atoms with Crippen LogP contribution in [-0.4, -0.2) is 35.7 Å². The molecule has 2 nitrogen and oxygen atoms in total. The van der Waals surface area contributed by atoms with Crippen LogP contribution in [-0.2, 0) is 0 Å². The SMILES string of the molecule is CCC1CCN(C[C@@H](C)O)C1. The van der Waals surface area contributed by atoms with Crippen molar-refractivity contribution in [3.8, 4) is 0 Å². The van der Waals surface area contributed by atoms with E-state index in [0.717, 1.165) is 12.5 Å². The Bertz CT molecular complexity index is 114. The molecule has 0 bridgehead atoms.